The minimum atomic E-state index is 0.626. The van der Waals surface area contributed by atoms with E-state index in [4.69, 9.17) is 10.5 Å². The summed E-state index contributed by atoms with van der Waals surface area (Å²) in [7, 11) is 0. The van der Waals surface area contributed by atoms with Gasteiger partial charge in [-0.05, 0) is 30.4 Å². The van der Waals surface area contributed by atoms with Crippen molar-refractivity contribution in [2.24, 2.45) is 0 Å². The number of benzene rings is 1. The van der Waals surface area contributed by atoms with Gasteiger partial charge in [0.2, 0.25) is 0 Å². The van der Waals surface area contributed by atoms with Crippen LogP contribution >= 0.6 is 11.8 Å². The summed E-state index contributed by atoms with van der Waals surface area (Å²) >= 11 is 1.90. The van der Waals surface area contributed by atoms with Crippen molar-refractivity contribution in [3.05, 3.63) is 23.8 Å². The second-order valence-corrected chi connectivity index (χ2v) is 5.22. The zero-order valence-electron chi connectivity index (χ0n) is 9.62. The van der Waals surface area contributed by atoms with E-state index in [0.717, 1.165) is 17.2 Å². The van der Waals surface area contributed by atoms with E-state index in [1.165, 1.54) is 5.56 Å². The van der Waals surface area contributed by atoms with Crippen molar-refractivity contribution in [2.75, 3.05) is 12.3 Å². The predicted octanol–water partition coefficient (Wildman–Crippen LogP) is 3.31. The zero-order valence-corrected chi connectivity index (χ0v) is 10.4. The van der Waals surface area contributed by atoms with Gasteiger partial charge in [-0.25, -0.2) is 0 Å². The number of rotatable bonds is 5. The molecule has 0 saturated carbocycles. The summed E-state index contributed by atoms with van der Waals surface area (Å²) in [5.41, 5.74) is 7.76. The summed E-state index contributed by atoms with van der Waals surface area (Å²) in [5, 5.41) is 0.626. The molecule has 0 heterocycles. The van der Waals surface area contributed by atoms with Crippen molar-refractivity contribution < 1.29 is 4.74 Å². The Labute approximate surface area is 96.2 Å². The molecule has 0 radical (unpaired) electrons. The van der Waals surface area contributed by atoms with Gasteiger partial charge in [-0.3, -0.25) is 0 Å². The SMILES string of the molecule is CCOc1ccc(N)cc1CSC(C)C. The maximum atomic E-state index is 5.77. The minimum absolute atomic E-state index is 0.626. The quantitative estimate of drug-likeness (QED) is 0.781. The van der Waals surface area contributed by atoms with Crippen LogP contribution in [-0.4, -0.2) is 11.9 Å². The summed E-state index contributed by atoms with van der Waals surface area (Å²) in [6.07, 6.45) is 0. The van der Waals surface area contributed by atoms with E-state index >= 15 is 0 Å². The molecule has 2 nitrogen and oxygen atoms in total. The smallest absolute Gasteiger partial charge is 0.123 e. The fraction of sp³-hybridized carbons (Fsp3) is 0.500. The lowest BCUT2D eigenvalue weighted by Crippen LogP contribution is -1.98. The lowest BCUT2D eigenvalue weighted by molar-refractivity contribution is 0.337. The van der Waals surface area contributed by atoms with Crippen LogP contribution in [0.1, 0.15) is 26.3 Å². The van der Waals surface area contributed by atoms with Gasteiger partial charge in [0.1, 0.15) is 5.75 Å². The van der Waals surface area contributed by atoms with Crippen LogP contribution in [0.15, 0.2) is 18.2 Å². The normalized spacial score (nSPS) is 10.7. The molecule has 0 aliphatic rings. The van der Waals surface area contributed by atoms with Crippen LogP contribution in [0.3, 0.4) is 0 Å². The van der Waals surface area contributed by atoms with Gasteiger partial charge in [0.05, 0.1) is 6.61 Å². The number of anilines is 1. The second-order valence-electron chi connectivity index (χ2n) is 3.66. The Hall–Kier alpha value is -0.830. The molecule has 1 aromatic rings. The van der Waals surface area contributed by atoms with E-state index in [2.05, 4.69) is 13.8 Å². The highest BCUT2D eigenvalue weighted by Gasteiger charge is 2.05. The van der Waals surface area contributed by atoms with Crippen molar-refractivity contribution in [1.29, 1.82) is 0 Å². The van der Waals surface area contributed by atoms with Gasteiger partial charge < -0.3 is 10.5 Å². The highest BCUT2D eigenvalue weighted by molar-refractivity contribution is 7.99. The highest BCUT2D eigenvalue weighted by atomic mass is 32.2. The Balaban J connectivity index is 2.77. The molecule has 84 valence electrons. The Bertz CT molecular complexity index is 312. The maximum absolute atomic E-state index is 5.77. The van der Waals surface area contributed by atoms with Crippen LogP contribution in [0.25, 0.3) is 0 Å². The number of ether oxygens (including phenoxy) is 1. The van der Waals surface area contributed by atoms with Crippen molar-refractivity contribution >= 4 is 17.4 Å². The summed E-state index contributed by atoms with van der Waals surface area (Å²) in [6, 6.07) is 5.84. The molecular weight excluding hydrogens is 206 g/mol. The molecule has 0 bridgehead atoms. The van der Waals surface area contributed by atoms with E-state index in [1.807, 2.05) is 36.9 Å². The molecule has 1 aromatic carbocycles. The van der Waals surface area contributed by atoms with Gasteiger partial charge in [0, 0.05) is 17.0 Å². The van der Waals surface area contributed by atoms with Crippen LogP contribution in [0.5, 0.6) is 5.75 Å². The van der Waals surface area contributed by atoms with Gasteiger partial charge in [0.25, 0.3) is 0 Å². The Morgan fingerprint density at radius 3 is 2.73 bits per heavy atom. The minimum Gasteiger partial charge on any atom is -0.494 e. The van der Waals surface area contributed by atoms with Crippen LogP contribution in [0.4, 0.5) is 5.69 Å². The number of nitrogen functional groups attached to an aromatic ring is 1. The zero-order chi connectivity index (χ0) is 11.3. The van der Waals surface area contributed by atoms with Gasteiger partial charge in [-0.15, -0.1) is 0 Å². The standard InChI is InChI=1S/C12H19NOS/c1-4-14-12-6-5-11(13)7-10(12)8-15-9(2)3/h5-7,9H,4,8,13H2,1-3H3. The van der Waals surface area contributed by atoms with Crippen molar-refractivity contribution in [3.63, 3.8) is 0 Å². The van der Waals surface area contributed by atoms with E-state index in [0.29, 0.717) is 11.9 Å². The third-order valence-electron chi connectivity index (χ3n) is 1.96. The lowest BCUT2D eigenvalue weighted by Gasteiger charge is -2.11. The average molecular weight is 225 g/mol. The number of hydrogen-bond donors (Lipinski definition) is 1. The van der Waals surface area contributed by atoms with Gasteiger partial charge in [0.15, 0.2) is 0 Å². The molecule has 1 rings (SSSR count). The molecule has 2 N–H and O–H groups in total. The molecule has 0 aliphatic carbocycles. The molecule has 15 heavy (non-hydrogen) atoms. The average Bonchev–Trinajstić information content (AvgIpc) is 2.18. The molecule has 0 unspecified atom stereocenters. The third kappa shape index (κ3) is 4.04. The van der Waals surface area contributed by atoms with Crippen LogP contribution in [0, 0.1) is 0 Å². The van der Waals surface area contributed by atoms with E-state index < -0.39 is 0 Å². The van der Waals surface area contributed by atoms with Gasteiger partial charge in [-0.2, -0.15) is 11.8 Å². The Morgan fingerprint density at radius 2 is 2.13 bits per heavy atom. The molecule has 0 amide bonds. The fourth-order valence-corrected chi connectivity index (χ4v) is 2.00. The topological polar surface area (TPSA) is 35.2 Å². The van der Waals surface area contributed by atoms with Crippen molar-refractivity contribution in [1.82, 2.24) is 0 Å². The van der Waals surface area contributed by atoms with Crippen LogP contribution in [-0.2, 0) is 5.75 Å². The molecule has 0 saturated heterocycles. The maximum Gasteiger partial charge on any atom is 0.123 e. The van der Waals surface area contributed by atoms with Gasteiger partial charge >= 0.3 is 0 Å². The summed E-state index contributed by atoms with van der Waals surface area (Å²) < 4.78 is 5.56. The molecule has 0 aliphatic heterocycles. The number of thioether (sulfide) groups is 1. The largest absolute Gasteiger partial charge is 0.494 e. The monoisotopic (exact) mass is 225 g/mol. The Kier molecular flexibility index (Phi) is 4.82. The van der Waals surface area contributed by atoms with E-state index in [9.17, 15) is 0 Å². The summed E-state index contributed by atoms with van der Waals surface area (Å²) in [4.78, 5) is 0. The number of hydrogen-bond acceptors (Lipinski definition) is 3. The van der Waals surface area contributed by atoms with Crippen molar-refractivity contribution in [2.45, 2.75) is 31.8 Å². The summed E-state index contributed by atoms with van der Waals surface area (Å²) in [5.74, 6) is 1.91. The van der Waals surface area contributed by atoms with Gasteiger partial charge in [-0.1, -0.05) is 13.8 Å². The van der Waals surface area contributed by atoms with Crippen LogP contribution < -0.4 is 10.5 Å². The molecule has 3 heteroatoms. The molecular formula is C12H19NOS. The predicted molar refractivity (Wildman–Crippen MR) is 68.5 cm³/mol. The van der Waals surface area contributed by atoms with Crippen LogP contribution in [0.2, 0.25) is 0 Å². The first-order valence-electron chi connectivity index (χ1n) is 5.26. The molecule has 0 atom stereocenters. The fourth-order valence-electron chi connectivity index (χ4n) is 1.26. The first-order valence-corrected chi connectivity index (χ1v) is 6.31. The molecule has 0 aromatic heterocycles. The Morgan fingerprint density at radius 1 is 1.40 bits per heavy atom. The first kappa shape index (κ1) is 12.2. The van der Waals surface area contributed by atoms with Crippen molar-refractivity contribution in [3.8, 4) is 5.75 Å². The first-order chi connectivity index (χ1) is 7.13. The number of nitrogens with two attached hydrogens (primary N) is 1. The molecule has 0 spiro atoms. The summed E-state index contributed by atoms with van der Waals surface area (Å²) in [6.45, 7) is 7.08. The second kappa shape index (κ2) is 5.91. The third-order valence-corrected chi connectivity index (χ3v) is 3.10. The highest BCUT2D eigenvalue weighted by Crippen LogP contribution is 2.27. The van der Waals surface area contributed by atoms with E-state index in [-0.39, 0.29) is 0 Å². The lowest BCUT2D eigenvalue weighted by atomic mass is 10.2. The molecule has 0 fully saturated rings. The van der Waals surface area contributed by atoms with E-state index in [1.54, 1.807) is 0 Å².